The first-order chi connectivity index (χ1) is 9.63. The van der Waals surface area contributed by atoms with Crippen molar-refractivity contribution in [1.82, 2.24) is 10.2 Å². The summed E-state index contributed by atoms with van der Waals surface area (Å²) in [5.41, 5.74) is 0. The fourth-order valence-corrected chi connectivity index (χ4v) is 2.88. The minimum Gasteiger partial charge on any atom is -0.377 e. The topological polar surface area (TPSA) is 24.5 Å². The van der Waals surface area contributed by atoms with Gasteiger partial charge in [-0.1, -0.05) is 20.8 Å². The van der Waals surface area contributed by atoms with Gasteiger partial charge in [0.05, 0.1) is 6.10 Å². The highest BCUT2D eigenvalue weighted by molar-refractivity contribution is 4.77. The molecule has 1 N–H and O–H groups in total. The van der Waals surface area contributed by atoms with E-state index in [9.17, 15) is 0 Å². The van der Waals surface area contributed by atoms with Crippen molar-refractivity contribution in [3.05, 3.63) is 0 Å². The molecule has 1 rings (SSSR count). The first-order valence-electron chi connectivity index (χ1n) is 8.69. The predicted octanol–water partition coefficient (Wildman–Crippen LogP) is 3.29. The van der Waals surface area contributed by atoms with Crippen molar-refractivity contribution in [3.8, 4) is 0 Å². The number of piperidine rings is 1. The van der Waals surface area contributed by atoms with Crippen LogP contribution in [0.25, 0.3) is 0 Å². The molecule has 0 bridgehead atoms. The maximum absolute atomic E-state index is 5.93. The molecule has 0 aromatic heterocycles. The second kappa shape index (κ2) is 10.6. The zero-order valence-corrected chi connectivity index (χ0v) is 14.2. The van der Waals surface area contributed by atoms with Crippen LogP contribution in [0.4, 0.5) is 0 Å². The maximum Gasteiger partial charge on any atom is 0.0702 e. The molecule has 1 heterocycles. The molecule has 120 valence electrons. The summed E-state index contributed by atoms with van der Waals surface area (Å²) in [5, 5.41) is 3.54. The van der Waals surface area contributed by atoms with E-state index < -0.39 is 0 Å². The van der Waals surface area contributed by atoms with Gasteiger partial charge < -0.3 is 10.1 Å². The first kappa shape index (κ1) is 17.9. The largest absolute Gasteiger partial charge is 0.377 e. The summed E-state index contributed by atoms with van der Waals surface area (Å²) in [4.78, 5) is 2.63. The smallest absolute Gasteiger partial charge is 0.0702 e. The van der Waals surface area contributed by atoms with Crippen LogP contribution in [-0.4, -0.2) is 49.8 Å². The Labute approximate surface area is 126 Å². The van der Waals surface area contributed by atoms with Crippen molar-refractivity contribution in [2.45, 2.75) is 71.9 Å². The second-order valence-corrected chi connectivity index (χ2v) is 6.72. The summed E-state index contributed by atoms with van der Waals surface area (Å²) in [7, 11) is 0. The zero-order valence-electron chi connectivity index (χ0n) is 14.2. The molecular formula is C17H36N2O. The number of likely N-dealkylation sites (tertiary alicyclic amines) is 1. The molecule has 0 aliphatic carbocycles. The van der Waals surface area contributed by atoms with Gasteiger partial charge in [0, 0.05) is 19.2 Å². The number of nitrogens with zero attached hydrogens (tertiary/aromatic N) is 1. The Morgan fingerprint density at radius 3 is 2.80 bits per heavy atom. The number of rotatable bonds is 10. The van der Waals surface area contributed by atoms with Crippen LogP contribution in [0.2, 0.25) is 0 Å². The molecule has 2 unspecified atom stereocenters. The SMILES string of the molecule is CCCOC1CCCN(C(C)CCCNCC(C)C)C1. The van der Waals surface area contributed by atoms with Crippen LogP contribution >= 0.6 is 0 Å². The van der Waals surface area contributed by atoms with Gasteiger partial charge in [0.25, 0.3) is 0 Å². The maximum atomic E-state index is 5.93. The molecular weight excluding hydrogens is 248 g/mol. The average molecular weight is 284 g/mol. The molecule has 0 aromatic carbocycles. The first-order valence-corrected chi connectivity index (χ1v) is 8.69. The summed E-state index contributed by atoms with van der Waals surface area (Å²) in [6.45, 7) is 14.7. The van der Waals surface area contributed by atoms with Gasteiger partial charge >= 0.3 is 0 Å². The van der Waals surface area contributed by atoms with Crippen LogP contribution in [-0.2, 0) is 4.74 Å². The van der Waals surface area contributed by atoms with Crippen LogP contribution in [0.5, 0.6) is 0 Å². The highest BCUT2D eigenvalue weighted by Gasteiger charge is 2.23. The predicted molar refractivity (Wildman–Crippen MR) is 87.2 cm³/mol. The van der Waals surface area contributed by atoms with Crippen molar-refractivity contribution in [3.63, 3.8) is 0 Å². The van der Waals surface area contributed by atoms with Crippen molar-refractivity contribution < 1.29 is 4.74 Å². The Morgan fingerprint density at radius 2 is 2.10 bits per heavy atom. The minimum absolute atomic E-state index is 0.477. The molecule has 1 fully saturated rings. The summed E-state index contributed by atoms with van der Waals surface area (Å²) in [6.07, 6.45) is 6.73. The van der Waals surface area contributed by atoms with E-state index >= 15 is 0 Å². The molecule has 0 amide bonds. The van der Waals surface area contributed by atoms with Crippen molar-refractivity contribution >= 4 is 0 Å². The Hall–Kier alpha value is -0.120. The summed E-state index contributed by atoms with van der Waals surface area (Å²) in [6, 6.07) is 0.698. The molecule has 1 saturated heterocycles. The number of hydrogen-bond acceptors (Lipinski definition) is 3. The Kier molecular flexibility index (Phi) is 9.49. The van der Waals surface area contributed by atoms with E-state index in [1.807, 2.05) is 0 Å². The number of nitrogens with one attached hydrogen (secondary N) is 1. The molecule has 0 aromatic rings. The van der Waals surface area contributed by atoms with Crippen LogP contribution in [0.3, 0.4) is 0 Å². The molecule has 3 nitrogen and oxygen atoms in total. The average Bonchev–Trinajstić information content (AvgIpc) is 2.44. The zero-order chi connectivity index (χ0) is 14.8. The Morgan fingerprint density at radius 1 is 1.30 bits per heavy atom. The van der Waals surface area contributed by atoms with E-state index in [0.717, 1.165) is 38.6 Å². The molecule has 3 heteroatoms. The molecule has 0 spiro atoms. The van der Waals surface area contributed by atoms with Gasteiger partial charge in [0.2, 0.25) is 0 Å². The van der Waals surface area contributed by atoms with Gasteiger partial charge in [-0.25, -0.2) is 0 Å². The van der Waals surface area contributed by atoms with E-state index in [2.05, 4.69) is 37.9 Å². The van der Waals surface area contributed by atoms with E-state index in [1.165, 1.54) is 32.2 Å². The third-order valence-electron chi connectivity index (χ3n) is 4.12. The van der Waals surface area contributed by atoms with E-state index in [4.69, 9.17) is 4.74 Å². The molecule has 2 atom stereocenters. The lowest BCUT2D eigenvalue weighted by atomic mass is 10.0. The number of hydrogen-bond donors (Lipinski definition) is 1. The van der Waals surface area contributed by atoms with Crippen LogP contribution in [0.1, 0.15) is 59.8 Å². The normalized spacial score (nSPS) is 22.4. The summed E-state index contributed by atoms with van der Waals surface area (Å²) in [5.74, 6) is 0.756. The second-order valence-electron chi connectivity index (χ2n) is 6.72. The summed E-state index contributed by atoms with van der Waals surface area (Å²) < 4.78 is 5.93. The molecule has 0 radical (unpaired) electrons. The Balaban J connectivity index is 2.13. The quantitative estimate of drug-likeness (QED) is 0.623. The molecule has 20 heavy (non-hydrogen) atoms. The number of ether oxygens (including phenoxy) is 1. The fourth-order valence-electron chi connectivity index (χ4n) is 2.88. The van der Waals surface area contributed by atoms with Crippen molar-refractivity contribution in [1.29, 1.82) is 0 Å². The van der Waals surface area contributed by atoms with Gasteiger partial charge in [-0.3, -0.25) is 4.90 Å². The van der Waals surface area contributed by atoms with Crippen LogP contribution < -0.4 is 5.32 Å². The van der Waals surface area contributed by atoms with Gasteiger partial charge in [-0.15, -0.1) is 0 Å². The highest BCUT2D eigenvalue weighted by Crippen LogP contribution is 2.18. The Bertz CT molecular complexity index is 233. The van der Waals surface area contributed by atoms with Crippen molar-refractivity contribution in [2.75, 3.05) is 32.8 Å². The van der Waals surface area contributed by atoms with Gasteiger partial charge in [-0.05, 0) is 64.6 Å². The van der Waals surface area contributed by atoms with E-state index in [1.54, 1.807) is 0 Å². The van der Waals surface area contributed by atoms with Crippen molar-refractivity contribution in [2.24, 2.45) is 5.92 Å². The fraction of sp³-hybridized carbons (Fsp3) is 1.00. The third-order valence-corrected chi connectivity index (χ3v) is 4.12. The minimum atomic E-state index is 0.477. The third kappa shape index (κ3) is 7.61. The van der Waals surface area contributed by atoms with Gasteiger partial charge in [0.1, 0.15) is 0 Å². The van der Waals surface area contributed by atoms with Gasteiger partial charge in [0.15, 0.2) is 0 Å². The van der Waals surface area contributed by atoms with E-state index in [0.29, 0.717) is 12.1 Å². The lowest BCUT2D eigenvalue weighted by Gasteiger charge is -2.36. The molecule has 1 aliphatic heterocycles. The standard InChI is InChI=1S/C17H36N2O/c1-5-12-20-17-9-7-11-19(14-17)16(4)8-6-10-18-13-15(2)3/h15-18H,5-14H2,1-4H3. The molecule has 0 saturated carbocycles. The van der Waals surface area contributed by atoms with Crippen LogP contribution in [0, 0.1) is 5.92 Å². The summed E-state index contributed by atoms with van der Waals surface area (Å²) >= 11 is 0. The van der Waals surface area contributed by atoms with Crippen LogP contribution in [0.15, 0.2) is 0 Å². The lowest BCUT2D eigenvalue weighted by molar-refractivity contribution is -0.0114. The molecule has 1 aliphatic rings. The monoisotopic (exact) mass is 284 g/mol. The van der Waals surface area contributed by atoms with Gasteiger partial charge in [-0.2, -0.15) is 0 Å². The lowest BCUT2D eigenvalue weighted by Crippen LogP contribution is -2.44. The highest BCUT2D eigenvalue weighted by atomic mass is 16.5. The van der Waals surface area contributed by atoms with E-state index in [-0.39, 0.29) is 0 Å².